The van der Waals surface area contributed by atoms with Gasteiger partial charge in [0.15, 0.2) is 0 Å². The van der Waals surface area contributed by atoms with Crippen LogP contribution >= 0.6 is 11.6 Å². The summed E-state index contributed by atoms with van der Waals surface area (Å²) in [4.78, 5) is 12.9. The number of hydrogen-bond acceptors (Lipinski definition) is 5. The van der Waals surface area contributed by atoms with Gasteiger partial charge in [-0.15, -0.1) is 0 Å². The molecule has 0 heterocycles. The van der Waals surface area contributed by atoms with E-state index >= 15 is 0 Å². The summed E-state index contributed by atoms with van der Waals surface area (Å²) in [5.74, 6) is -0.588. The largest absolute Gasteiger partial charge is 0.324 e. The van der Waals surface area contributed by atoms with Crippen LogP contribution in [0.2, 0.25) is 5.02 Å². The fourth-order valence-corrected chi connectivity index (χ4v) is 6.03. The van der Waals surface area contributed by atoms with E-state index in [0.717, 1.165) is 21.7 Å². The van der Waals surface area contributed by atoms with Crippen LogP contribution in [0.25, 0.3) is 0 Å². The molecule has 0 radical (unpaired) electrons. The van der Waals surface area contributed by atoms with Crippen LogP contribution in [0, 0.1) is 13.8 Å². The Labute approximate surface area is 211 Å². The number of hydrogen-bond donors (Lipinski definition) is 2. The summed E-state index contributed by atoms with van der Waals surface area (Å²) in [5, 5.41) is 3.07. The molecule has 0 unspecified atom stereocenters. The van der Waals surface area contributed by atoms with Crippen molar-refractivity contribution >= 4 is 54.6 Å². The molecule has 3 aromatic carbocycles. The first kappa shape index (κ1) is 26.5. The van der Waals surface area contributed by atoms with Crippen molar-refractivity contribution in [1.82, 2.24) is 0 Å². The third kappa shape index (κ3) is 6.33. The second-order valence-electron chi connectivity index (χ2n) is 8.10. The number of halogens is 1. The van der Waals surface area contributed by atoms with Crippen LogP contribution in [0.1, 0.15) is 18.1 Å². The van der Waals surface area contributed by atoms with Crippen LogP contribution in [-0.2, 0) is 24.8 Å². The third-order valence-corrected chi connectivity index (χ3v) is 8.18. The standard InChI is InChI=1S/C24H26ClN3O5S2/c1-16-6-5-7-17(2)23(16)27-35(32,33)22-14-10-20(11-15-22)26-24(29)18(3)28(34(4,30)31)21-12-8-19(25)9-13-21/h5-15,18,27H,1-4H3,(H,26,29)/t18-/m0/s1. The molecule has 0 aliphatic heterocycles. The molecule has 0 spiro atoms. The maximum absolute atomic E-state index is 12.9. The van der Waals surface area contributed by atoms with Gasteiger partial charge in [-0.25, -0.2) is 16.8 Å². The number of benzene rings is 3. The third-order valence-electron chi connectivity index (χ3n) is 5.32. The van der Waals surface area contributed by atoms with Gasteiger partial charge in [0.05, 0.1) is 22.5 Å². The fraction of sp³-hybridized carbons (Fsp3) is 0.208. The second-order valence-corrected chi connectivity index (χ2v) is 12.1. The van der Waals surface area contributed by atoms with Crippen molar-refractivity contribution in [1.29, 1.82) is 0 Å². The molecular weight excluding hydrogens is 510 g/mol. The normalized spacial score (nSPS) is 12.6. The minimum atomic E-state index is -3.85. The van der Waals surface area contributed by atoms with Crippen LogP contribution < -0.4 is 14.3 Å². The first-order valence-electron chi connectivity index (χ1n) is 10.5. The van der Waals surface area contributed by atoms with Crippen LogP contribution in [0.15, 0.2) is 71.6 Å². The maximum Gasteiger partial charge on any atom is 0.261 e. The molecular formula is C24H26ClN3O5S2. The lowest BCUT2D eigenvalue weighted by molar-refractivity contribution is -0.116. The number of carbonyl (C=O) groups is 1. The highest BCUT2D eigenvalue weighted by molar-refractivity contribution is 7.92. The number of rotatable bonds is 8. The zero-order valence-corrected chi connectivity index (χ0v) is 22.0. The molecule has 0 fully saturated rings. The van der Waals surface area contributed by atoms with Crippen molar-refractivity contribution in [2.45, 2.75) is 31.7 Å². The van der Waals surface area contributed by atoms with E-state index in [1.54, 1.807) is 0 Å². The monoisotopic (exact) mass is 535 g/mol. The number of carbonyl (C=O) groups excluding carboxylic acids is 1. The summed E-state index contributed by atoms with van der Waals surface area (Å²) >= 11 is 5.89. The number of nitrogens with zero attached hydrogens (tertiary/aromatic N) is 1. The van der Waals surface area contributed by atoms with Crippen molar-refractivity contribution in [3.8, 4) is 0 Å². The van der Waals surface area contributed by atoms with Crippen molar-refractivity contribution in [3.63, 3.8) is 0 Å². The summed E-state index contributed by atoms with van der Waals surface area (Å²) in [7, 11) is -7.64. The molecule has 0 bridgehead atoms. The molecule has 186 valence electrons. The number of sulfonamides is 2. The molecule has 2 N–H and O–H groups in total. The smallest absolute Gasteiger partial charge is 0.261 e. The number of aryl methyl sites for hydroxylation is 2. The van der Waals surface area contributed by atoms with E-state index in [4.69, 9.17) is 11.6 Å². The Morgan fingerprint density at radius 2 is 1.43 bits per heavy atom. The van der Waals surface area contributed by atoms with Gasteiger partial charge in [-0.05, 0) is 80.4 Å². The molecule has 1 atom stereocenters. The summed E-state index contributed by atoms with van der Waals surface area (Å²) in [6.07, 6.45) is 1.01. The lowest BCUT2D eigenvalue weighted by Gasteiger charge is -2.28. The van der Waals surface area contributed by atoms with E-state index in [1.165, 1.54) is 55.5 Å². The predicted molar refractivity (Wildman–Crippen MR) is 140 cm³/mol. The molecule has 8 nitrogen and oxygen atoms in total. The molecule has 0 saturated heterocycles. The highest BCUT2D eigenvalue weighted by atomic mass is 35.5. The van der Waals surface area contributed by atoms with Crippen molar-refractivity contribution in [2.75, 3.05) is 20.6 Å². The van der Waals surface area contributed by atoms with Gasteiger partial charge in [0.25, 0.3) is 10.0 Å². The first-order valence-corrected chi connectivity index (χ1v) is 14.3. The Hall–Kier alpha value is -3.08. The SMILES string of the molecule is Cc1cccc(C)c1NS(=O)(=O)c1ccc(NC(=O)[C@H](C)N(c2ccc(Cl)cc2)S(C)(=O)=O)cc1. The topological polar surface area (TPSA) is 113 Å². The average Bonchev–Trinajstić information content (AvgIpc) is 2.77. The van der Waals surface area contributed by atoms with Gasteiger partial charge >= 0.3 is 0 Å². The van der Waals surface area contributed by atoms with Gasteiger partial charge in [0.1, 0.15) is 6.04 Å². The maximum atomic E-state index is 12.9. The van der Waals surface area contributed by atoms with E-state index in [9.17, 15) is 21.6 Å². The van der Waals surface area contributed by atoms with Crippen LogP contribution in [-0.4, -0.2) is 35.0 Å². The number of anilines is 3. The zero-order chi connectivity index (χ0) is 26.0. The first-order chi connectivity index (χ1) is 16.3. The van der Waals surface area contributed by atoms with Crippen molar-refractivity contribution < 1.29 is 21.6 Å². The Balaban J connectivity index is 1.78. The average molecular weight is 536 g/mol. The molecule has 0 aliphatic rings. The summed E-state index contributed by atoms with van der Waals surface area (Å²) in [5.41, 5.74) is 2.71. The van der Waals surface area contributed by atoms with Crippen LogP contribution in [0.5, 0.6) is 0 Å². The van der Waals surface area contributed by atoms with Crippen LogP contribution in [0.4, 0.5) is 17.1 Å². The Morgan fingerprint density at radius 1 is 0.886 bits per heavy atom. The van der Waals surface area contributed by atoms with Gasteiger partial charge in [0.2, 0.25) is 15.9 Å². The van der Waals surface area contributed by atoms with Crippen LogP contribution in [0.3, 0.4) is 0 Å². The molecule has 0 aliphatic carbocycles. The zero-order valence-electron chi connectivity index (χ0n) is 19.6. The Morgan fingerprint density at radius 3 is 1.94 bits per heavy atom. The number of para-hydroxylation sites is 1. The molecule has 0 aromatic heterocycles. The van der Waals surface area contributed by atoms with Gasteiger partial charge in [-0.1, -0.05) is 29.8 Å². The van der Waals surface area contributed by atoms with E-state index in [2.05, 4.69) is 10.0 Å². The molecule has 11 heteroatoms. The van der Waals surface area contributed by atoms with Gasteiger partial charge in [0, 0.05) is 10.7 Å². The van der Waals surface area contributed by atoms with E-state index in [1.807, 2.05) is 32.0 Å². The summed E-state index contributed by atoms with van der Waals surface area (Å²) in [6.45, 7) is 5.08. The lowest BCUT2D eigenvalue weighted by Crippen LogP contribution is -2.45. The van der Waals surface area contributed by atoms with E-state index in [0.29, 0.717) is 22.1 Å². The number of nitrogens with one attached hydrogen (secondary N) is 2. The molecule has 3 rings (SSSR count). The molecule has 35 heavy (non-hydrogen) atoms. The van der Waals surface area contributed by atoms with Gasteiger partial charge < -0.3 is 5.32 Å². The minimum Gasteiger partial charge on any atom is -0.324 e. The summed E-state index contributed by atoms with van der Waals surface area (Å²) in [6, 6.07) is 16.1. The van der Waals surface area contributed by atoms with Gasteiger partial charge in [-0.3, -0.25) is 13.8 Å². The van der Waals surface area contributed by atoms with Crippen molar-refractivity contribution in [3.05, 3.63) is 82.9 Å². The summed E-state index contributed by atoms with van der Waals surface area (Å²) < 4.78 is 54.1. The Kier molecular flexibility index (Phi) is 7.78. The quantitative estimate of drug-likeness (QED) is 0.439. The fourth-order valence-electron chi connectivity index (χ4n) is 3.53. The molecule has 3 aromatic rings. The minimum absolute atomic E-state index is 0.0186. The van der Waals surface area contributed by atoms with Crippen molar-refractivity contribution in [2.24, 2.45) is 0 Å². The highest BCUT2D eigenvalue weighted by Crippen LogP contribution is 2.26. The second kappa shape index (κ2) is 10.3. The van der Waals surface area contributed by atoms with E-state index in [-0.39, 0.29) is 4.90 Å². The predicted octanol–water partition coefficient (Wildman–Crippen LogP) is 4.55. The molecule has 1 amide bonds. The molecule has 0 saturated carbocycles. The lowest BCUT2D eigenvalue weighted by atomic mass is 10.1. The number of amides is 1. The van der Waals surface area contributed by atoms with E-state index < -0.39 is 32.0 Å². The van der Waals surface area contributed by atoms with Gasteiger partial charge in [-0.2, -0.15) is 0 Å². The highest BCUT2D eigenvalue weighted by Gasteiger charge is 2.29. The Bertz CT molecular complexity index is 1420.